The molecule has 1 N–H and O–H groups in total. The summed E-state index contributed by atoms with van der Waals surface area (Å²) in [5.74, 6) is -0.358. The lowest BCUT2D eigenvalue weighted by Crippen LogP contribution is -2.19. The molecule has 2 aromatic rings. The molecule has 0 fully saturated rings. The Bertz CT molecular complexity index is 1000. The predicted molar refractivity (Wildman–Crippen MR) is 105 cm³/mol. The minimum atomic E-state index is -0.431. The van der Waals surface area contributed by atoms with Crippen molar-refractivity contribution in [2.75, 3.05) is 27.2 Å². The van der Waals surface area contributed by atoms with Gasteiger partial charge in [-0.3, -0.25) is 4.79 Å². The van der Waals surface area contributed by atoms with Crippen molar-refractivity contribution in [2.24, 2.45) is 4.99 Å². The monoisotopic (exact) mass is 388 g/mol. The molecule has 1 aliphatic rings. The third-order valence-corrected chi connectivity index (χ3v) is 4.58. The van der Waals surface area contributed by atoms with Gasteiger partial charge in [0.25, 0.3) is 5.88 Å². The van der Waals surface area contributed by atoms with E-state index in [1.165, 1.54) is 6.08 Å². The van der Waals surface area contributed by atoms with Crippen LogP contribution in [0, 0.1) is 13.8 Å². The SMILES string of the molecule is Cc1ccc2c(N=C3C=C(Cl)C(O)=CC3=O)c(OCCN(C)C)nn2c1C. The zero-order valence-electron chi connectivity index (χ0n) is 15.7. The maximum Gasteiger partial charge on any atom is 0.260 e. The Hall–Kier alpha value is -2.64. The number of likely N-dealkylation sites (N-methyl/N-ethyl adjacent to an activating group) is 1. The van der Waals surface area contributed by atoms with Crippen LogP contribution in [0.15, 0.2) is 40.1 Å². The molecule has 0 unspecified atom stereocenters. The Morgan fingerprint density at radius 3 is 2.74 bits per heavy atom. The highest BCUT2D eigenvalue weighted by molar-refractivity contribution is 6.52. The number of carbonyl (C=O) groups is 1. The van der Waals surface area contributed by atoms with Gasteiger partial charge in [0.15, 0.2) is 5.69 Å². The minimum absolute atomic E-state index is 0.0620. The smallest absolute Gasteiger partial charge is 0.260 e. The molecule has 0 aliphatic heterocycles. The Kier molecular flexibility index (Phi) is 5.34. The van der Waals surface area contributed by atoms with Gasteiger partial charge < -0.3 is 14.7 Å². The second-order valence-corrected chi connectivity index (χ2v) is 6.99. The number of rotatable bonds is 5. The van der Waals surface area contributed by atoms with Gasteiger partial charge in [-0.2, -0.15) is 0 Å². The first-order chi connectivity index (χ1) is 12.8. The standard InChI is InChI=1S/C19H21ClN4O3/c1-11-5-6-15-18(21-14-9-13(20)16(25)10-17(14)26)19(22-24(15)12(11)2)27-8-7-23(3)4/h5-6,9-10,25H,7-8H2,1-4H3. The van der Waals surface area contributed by atoms with Gasteiger partial charge in [-0.25, -0.2) is 9.51 Å². The number of halogens is 1. The lowest BCUT2D eigenvalue weighted by molar-refractivity contribution is -0.109. The Balaban J connectivity index is 2.11. The molecule has 0 aromatic carbocycles. The summed E-state index contributed by atoms with van der Waals surface area (Å²) in [6.07, 6.45) is 2.39. The van der Waals surface area contributed by atoms with Crippen LogP contribution >= 0.6 is 11.6 Å². The van der Waals surface area contributed by atoms with Crippen molar-refractivity contribution in [2.45, 2.75) is 13.8 Å². The van der Waals surface area contributed by atoms with Crippen molar-refractivity contribution in [1.82, 2.24) is 14.5 Å². The van der Waals surface area contributed by atoms with Crippen LogP contribution in [0.4, 0.5) is 5.69 Å². The minimum Gasteiger partial charge on any atom is -0.506 e. The van der Waals surface area contributed by atoms with Gasteiger partial charge in [0.05, 0.1) is 10.5 Å². The van der Waals surface area contributed by atoms with Crippen LogP contribution in [-0.4, -0.2) is 58.4 Å². The van der Waals surface area contributed by atoms with E-state index in [2.05, 4.69) is 10.1 Å². The molecule has 8 heteroatoms. The van der Waals surface area contributed by atoms with E-state index in [-0.39, 0.29) is 16.5 Å². The molecule has 0 saturated heterocycles. The van der Waals surface area contributed by atoms with Gasteiger partial charge >= 0.3 is 0 Å². The second-order valence-electron chi connectivity index (χ2n) is 6.59. The summed E-state index contributed by atoms with van der Waals surface area (Å²) in [7, 11) is 3.90. The van der Waals surface area contributed by atoms with E-state index in [4.69, 9.17) is 16.3 Å². The number of hydrogen-bond donors (Lipinski definition) is 1. The van der Waals surface area contributed by atoms with Crippen molar-refractivity contribution < 1.29 is 14.6 Å². The fourth-order valence-corrected chi connectivity index (χ4v) is 2.72. The Morgan fingerprint density at radius 2 is 2.04 bits per heavy atom. The number of ether oxygens (including phenoxy) is 1. The second kappa shape index (κ2) is 7.54. The number of carbonyl (C=O) groups excluding carboxylic acids is 1. The molecule has 3 rings (SSSR count). The normalized spacial score (nSPS) is 16.2. The highest BCUT2D eigenvalue weighted by Gasteiger charge is 2.21. The zero-order chi connectivity index (χ0) is 19.7. The van der Waals surface area contributed by atoms with Crippen LogP contribution < -0.4 is 4.74 Å². The van der Waals surface area contributed by atoms with Crippen LogP contribution in [0.1, 0.15) is 11.3 Å². The largest absolute Gasteiger partial charge is 0.506 e. The van der Waals surface area contributed by atoms with Crippen LogP contribution in [-0.2, 0) is 4.79 Å². The first kappa shape index (κ1) is 19.1. The Morgan fingerprint density at radius 1 is 1.30 bits per heavy atom. The first-order valence-corrected chi connectivity index (χ1v) is 8.83. The van der Waals surface area contributed by atoms with Crippen LogP contribution in [0.5, 0.6) is 5.88 Å². The van der Waals surface area contributed by atoms with Crippen molar-refractivity contribution in [3.8, 4) is 5.88 Å². The topological polar surface area (TPSA) is 79.4 Å². The zero-order valence-corrected chi connectivity index (χ0v) is 16.4. The van der Waals surface area contributed by atoms with E-state index in [9.17, 15) is 9.90 Å². The van der Waals surface area contributed by atoms with Gasteiger partial charge in [0, 0.05) is 18.3 Å². The van der Waals surface area contributed by atoms with Gasteiger partial charge in [-0.05, 0) is 45.6 Å². The molecule has 1 aliphatic carbocycles. The number of ketones is 1. The number of aromatic nitrogens is 2. The van der Waals surface area contributed by atoms with E-state index in [1.54, 1.807) is 4.52 Å². The lowest BCUT2D eigenvalue weighted by Gasteiger charge is -2.10. The molecular formula is C19H21ClN4O3. The predicted octanol–water partition coefficient (Wildman–Crippen LogP) is 3.11. The number of hydrogen-bond acceptors (Lipinski definition) is 6. The summed E-state index contributed by atoms with van der Waals surface area (Å²) < 4.78 is 7.60. The number of aryl methyl sites for hydroxylation is 2. The molecule has 142 valence electrons. The number of fused-ring (bicyclic) bond motifs is 1. The average molecular weight is 389 g/mol. The fraction of sp³-hybridized carbons (Fsp3) is 0.316. The number of nitrogens with zero attached hydrogens (tertiary/aromatic N) is 4. The molecule has 2 heterocycles. The average Bonchev–Trinajstić information content (AvgIpc) is 2.94. The number of allylic oxidation sites excluding steroid dienone is 3. The maximum atomic E-state index is 12.2. The molecule has 0 amide bonds. The van der Waals surface area contributed by atoms with E-state index in [1.807, 2.05) is 45.0 Å². The quantitative estimate of drug-likeness (QED) is 0.796. The van der Waals surface area contributed by atoms with Crippen molar-refractivity contribution in [3.63, 3.8) is 0 Å². The van der Waals surface area contributed by atoms with Gasteiger partial charge in [0.1, 0.15) is 18.1 Å². The van der Waals surface area contributed by atoms with E-state index in [0.717, 1.165) is 22.9 Å². The Labute approximate surface area is 162 Å². The van der Waals surface area contributed by atoms with Crippen LogP contribution in [0.2, 0.25) is 0 Å². The first-order valence-electron chi connectivity index (χ1n) is 8.45. The molecular weight excluding hydrogens is 368 g/mol. The van der Waals surface area contributed by atoms with Crippen LogP contribution in [0.25, 0.3) is 5.52 Å². The summed E-state index contributed by atoms with van der Waals surface area (Å²) in [4.78, 5) is 18.7. The third kappa shape index (κ3) is 3.89. The summed E-state index contributed by atoms with van der Waals surface area (Å²) >= 11 is 5.94. The lowest BCUT2D eigenvalue weighted by atomic mass is 10.1. The molecule has 0 radical (unpaired) electrons. The van der Waals surface area contributed by atoms with Crippen molar-refractivity contribution in [1.29, 1.82) is 0 Å². The summed E-state index contributed by atoms with van der Waals surface area (Å²) in [5, 5.41) is 14.2. The maximum absolute atomic E-state index is 12.2. The molecule has 0 bridgehead atoms. The molecule has 2 aromatic heterocycles. The summed E-state index contributed by atoms with van der Waals surface area (Å²) in [6.45, 7) is 5.09. The number of pyridine rings is 1. The molecule has 27 heavy (non-hydrogen) atoms. The summed E-state index contributed by atoms with van der Waals surface area (Å²) in [6, 6.07) is 3.86. The van der Waals surface area contributed by atoms with E-state index in [0.29, 0.717) is 24.7 Å². The molecule has 0 atom stereocenters. The van der Waals surface area contributed by atoms with Crippen molar-refractivity contribution >= 4 is 34.3 Å². The van der Waals surface area contributed by atoms with Gasteiger partial charge in [-0.15, -0.1) is 5.10 Å². The molecule has 7 nitrogen and oxygen atoms in total. The summed E-state index contributed by atoms with van der Waals surface area (Å²) in [5.41, 5.74) is 3.33. The number of aliphatic hydroxyl groups is 1. The highest BCUT2D eigenvalue weighted by atomic mass is 35.5. The van der Waals surface area contributed by atoms with Gasteiger partial charge in [0.2, 0.25) is 5.78 Å². The number of aliphatic hydroxyl groups excluding tert-OH is 1. The van der Waals surface area contributed by atoms with Crippen molar-refractivity contribution in [3.05, 3.63) is 46.3 Å². The molecule has 0 spiro atoms. The fourth-order valence-electron chi connectivity index (χ4n) is 2.57. The number of aliphatic imine (C=N–C) groups is 1. The highest BCUT2D eigenvalue weighted by Crippen LogP contribution is 2.34. The van der Waals surface area contributed by atoms with Crippen LogP contribution in [0.3, 0.4) is 0 Å². The molecule has 0 saturated carbocycles. The van der Waals surface area contributed by atoms with Gasteiger partial charge in [-0.1, -0.05) is 17.7 Å². The van der Waals surface area contributed by atoms with E-state index >= 15 is 0 Å². The van der Waals surface area contributed by atoms with E-state index < -0.39 is 5.78 Å². The third-order valence-electron chi connectivity index (χ3n) is 4.28.